The molecule has 0 unspecified atom stereocenters. The Morgan fingerprint density at radius 1 is 1.17 bits per heavy atom. The maximum Gasteiger partial charge on any atom is 0.355 e. The number of aromatic amines is 1. The molecule has 0 saturated heterocycles. The van der Waals surface area contributed by atoms with E-state index < -0.39 is 5.97 Å². The number of esters is 1. The highest BCUT2D eigenvalue weighted by atomic mass is 16.5. The number of aromatic nitrogens is 1. The summed E-state index contributed by atoms with van der Waals surface area (Å²) in [4.78, 5) is 39.6. The van der Waals surface area contributed by atoms with Crippen LogP contribution in [0.4, 0.5) is 0 Å². The summed E-state index contributed by atoms with van der Waals surface area (Å²) in [7, 11) is 0. The largest absolute Gasteiger partial charge is 0.451 e. The number of amides is 1. The van der Waals surface area contributed by atoms with Gasteiger partial charge < -0.3 is 14.6 Å². The molecule has 1 aromatic heterocycles. The van der Waals surface area contributed by atoms with Crippen LogP contribution >= 0.6 is 0 Å². The van der Waals surface area contributed by atoms with Crippen molar-refractivity contribution in [1.29, 1.82) is 0 Å². The van der Waals surface area contributed by atoms with Crippen molar-refractivity contribution in [3.8, 4) is 0 Å². The van der Waals surface area contributed by atoms with Crippen molar-refractivity contribution in [3.63, 3.8) is 0 Å². The first-order valence-corrected chi connectivity index (χ1v) is 7.69. The molecule has 0 atom stereocenters. The molecule has 2 aromatic rings. The number of Topliss-reactive ketones (excluding diaryl/α,β-unsaturated/α-hetero) is 1. The number of hydrogen-bond acceptors (Lipinski definition) is 4. The quantitative estimate of drug-likeness (QED) is 0.625. The van der Waals surface area contributed by atoms with E-state index in [0.29, 0.717) is 18.7 Å². The van der Waals surface area contributed by atoms with Crippen LogP contribution in [0.15, 0.2) is 42.6 Å². The van der Waals surface area contributed by atoms with Crippen LogP contribution in [0.1, 0.15) is 40.3 Å². The topological polar surface area (TPSA) is 79.5 Å². The van der Waals surface area contributed by atoms with Crippen LogP contribution in [0.3, 0.4) is 0 Å². The first-order chi connectivity index (χ1) is 11.5. The number of nitrogens with one attached hydrogen (secondary N) is 1. The molecule has 0 aliphatic carbocycles. The second-order valence-corrected chi connectivity index (χ2v) is 5.33. The normalized spacial score (nSPS) is 10.2. The van der Waals surface area contributed by atoms with Crippen molar-refractivity contribution >= 4 is 17.7 Å². The molecule has 0 spiro atoms. The van der Waals surface area contributed by atoms with Crippen molar-refractivity contribution < 1.29 is 19.1 Å². The molecule has 1 amide bonds. The summed E-state index contributed by atoms with van der Waals surface area (Å²) in [6.07, 6.45) is 1.44. The number of benzene rings is 1. The fourth-order valence-electron chi connectivity index (χ4n) is 2.19. The lowest BCUT2D eigenvalue weighted by molar-refractivity contribution is -0.134. The summed E-state index contributed by atoms with van der Waals surface area (Å²) < 4.78 is 5.03. The van der Waals surface area contributed by atoms with E-state index in [2.05, 4.69) is 4.98 Å². The van der Waals surface area contributed by atoms with E-state index in [-0.39, 0.29) is 24.0 Å². The van der Waals surface area contributed by atoms with E-state index >= 15 is 0 Å². The van der Waals surface area contributed by atoms with Crippen LogP contribution in [0.5, 0.6) is 0 Å². The fourth-order valence-corrected chi connectivity index (χ4v) is 2.19. The Morgan fingerprint density at radius 2 is 1.88 bits per heavy atom. The Balaban J connectivity index is 1.90. The Morgan fingerprint density at radius 3 is 2.46 bits per heavy atom. The van der Waals surface area contributed by atoms with E-state index in [9.17, 15) is 14.4 Å². The van der Waals surface area contributed by atoms with Gasteiger partial charge in [-0.15, -0.1) is 0 Å². The minimum atomic E-state index is -0.661. The lowest BCUT2D eigenvalue weighted by Gasteiger charge is -2.20. The Bertz CT molecular complexity index is 722. The minimum Gasteiger partial charge on any atom is -0.451 e. The van der Waals surface area contributed by atoms with Crippen LogP contribution in [-0.2, 0) is 16.1 Å². The maximum absolute atomic E-state index is 12.2. The van der Waals surface area contributed by atoms with E-state index in [0.717, 1.165) is 5.56 Å². The van der Waals surface area contributed by atoms with Gasteiger partial charge in [-0.2, -0.15) is 0 Å². The number of ketones is 1. The Labute approximate surface area is 140 Å². The van der Waals surface area contributed by atoms with Crippen LogP contribution < -0.4 is 0 Å². The summed E-state index contributed by atoms with van der Waals surface area (Å²) in [5, 5.41) is 0. The predicted octanol–water partition coefficient (Wildman–Crippen LogP) is 2.42. The Kier molecular flexibility index (Phi) is 5.89. The molecule has 0 saturated carbocycles. The van der Waals surface area contributed by atoms with Crippen LogP contribution in [0, 0.1) is 0 Å². The molecule has 6 heteroatoms. The van der Waals surface area contributed by atoms with Gasteiger partial charge in [-0.05, 0) is 25.5 Å². The third-order valence-electron chi connectivity index (χ3n) is 3.59. The zero-order valence-corrected chi connectivity index (χ0v) is 13.7. The second kappa shape index (κ2) is 8.10. The SMILES string of the molecule is CCN(Cc1ccccc1)C(=O)COC(=O)c1cc(C(C)=O)c[nH]1. The lowest BCUT2D eigenvalue weighted by atomic mass is 10.2. The van der Waals surface area contributed by atoms with Gasteiger partial charge in [-0.1, -0.05) is 30.3 Å². The van der Waals surface area contributed by atoms with Gasteiger partial charge in [0.25, 0.3) is 5.91 Å². The molecule has 0 aliphatic heterocycles. The molecule has 0 fully saturated rings. The molecule has 1 N–H and O–H groups in total. The van der Waals surface area contributed by atoms with Crippen LogP contribution in [0.25, 0.3) is 0 Å². The van der Waals surface area contributed by atoms with Gasteiger partial charge in [-0.3, -0.25) is 9.59 Å². The van der Waals surface area contributed by atoms with Gasteiger partial charge in [-0.25, -0.2) is 4.79 Å². The third-order valence-corrected chi connectivity index (χ3v) is 3.59. The molecule has 126 valence electrons. The molecule has 24 heavy (non-hydrogen) atoms. The second-order valence-electron chi connectivity index (χ2n) is 5.33. The molecule has 0 aliphatic rings. The van der Waals surface area contributed by atoms with E-state index in [1.165, 1.54) is 19.2 Å². The monoisotopic (exact) mass is 328 g/mol. The highest BCUT2D eigenvalue weighted by molar-refractivity contribution is 5.97. The van der Waals surface area contributed by atoms with Crippen LogP contribution in [-0.4, -0.2) is 40.7 Å². The molecule has 0 radical (unpaired) electrons. The molecular weight excluding hydrogens is 308 g/mol. The van der Waals surface area contributed by atoms with Crippen molar-refractivity contribution in [2.45, 2.75) is 20.4 Å². The smallest absolute Gasteiger partial charge is 0.355 e. The third kappa shape index (κ3) is 4.55. The van der Waals surface area contributed by atoms with Crippen LogP contribution in [0.2, 0.25) is 0 Å². The van der Waals surface area contributed by atoms with E-state index in [1.807, 2.05) is 37.3 Å². The molecule has 1 aromatic carbocycles. The molecule has 1 heterocycles. The van der Waals surface area contributed by atoms with Gasteiger partial charge in [0.1, 0.15) is 5.69 Å². The summed E-state index contributed by atoms with van der Waals surface area (Å²) >= 11 is 0. The minimum absolute atomic E-state index is 0.151. The molecular formula is C18H20N2O4. The number of H-pyrrole nitrogens is 1. The average molecular weight is 328 g/mol. The first kappa shape index (κ1) is 17.5. The van der Waals surface area contributed by atoms with Crippen molar-refractivity contribution in [2.24, 2.45) is 0 Å². The summed E-state index contributed by atoms with van der Waals surface area (Å²) in [6.45, 7) is 3.91. The van der Waals surface area contributed by atoms with Crippen molar-refractivity contribution in [1.82, 2.24) is 9.88 Å². The summed E-state index contributed by atoms with van der Waals surface area (Å²) in [5.41, 5.74) is 1.56. The van der Waals surface area contributed by atoms with Gasteiger partial charge in [0.15, 0.2) is 12.4 Å². The highest BCUT2D eigenvalue weighted by Gasteiger charge is 2.17. The zero-order chi connectivity index (χ0) is 17.5. The predicted molar refractivity (Wildman–Crippen MR) is 88.6 cm³/mol. The van der Waals surface area contributed by atoms with Crippen molar-refractivity contribution in [2.75, 3.05) is 13.2 Å². The average Bonchev–Trinajstić information content (AvgIpc) is 3.08. The number of ether oxygens (including phenoxy) is 1. The number of carbonyl (C=O) groups is 3. The Hall–Kier alpha value is -2.89. The number of hydrogen-bond donors (Lipinski definition) is 1. The summed E-state index contributed by atoms with van der Waals surface area (Å²) in [6, 6.07) is 11.0. The highest BCUT2D eigenvalue weighted by Crippen LogP contribution is 2.07. The van der Waals surface area contributed by atoms with E-state index in [4.69, 9.17) is 4.74 Å². The fraction of sp³-hybridized carbons (Fsp3) is 0.278. The van der Waals surface area contributed by atoms with Gasteiger partial charge in [0, 0.05) is 24.8 Å². The maximum atomic E-state index is 12.2. The number of likely N-dealkylation sites (N-methyl/N-ethyl adjacent to an activating group) is 1. The lowest BCUT2D eigenvalue weighted by Crippen LogP contribution is -2.34. The number of carbonyl (C=O) groups excluding carboxylic acids is 3. The number of rotatable bonds is 7. The van der Waals surface area contributed by atoms with Gasteiger partial charge in [0.2, 0.25) is 0 Å². The van der Waals surface area contributed by atoms with Crippen molar-refractivity contribution in [3.05, 3.63) is 59.4 Å². The summed E-state index contributed by atoms with van der Waals surface area (Å²) in [5.74, 6) is -1.08. The molecule has 2 rings (SSSR count). The van der Waals surface area contributed by atoms with Gasteiger partial charge in [0.05, 0.1) is 0 Å². The molecule has 0 bridgehead atoms. The first-order valence-electron chi connectivity index (χ1n) is 7.69. The standard InChI is InChI=1S/C18H20N2O4/c1-3-20(11-14-7-5-4-6-8-14)17(22)12-24-18(23)16-9-15(10-19-16)13(2)21/h4-10,19H,3,11-12H2,1-2H3. The van der Waals surface area contributed by atoms with E-state index in [1.54, 1.807) is 4.90 Å². The molecule has 6 nitrogen and oxygen atoms in total. The zero-order valence-electron chi connectivity index (χ0n) is 13.7. The van der Waals surface area contributed by atoms with Gasteiger partial charge >= 0.3 is 5.97 Å². The number of nitrogens with zero attached hydrogens (tertiary/aromatic N) is 1.